The van der Waals surface area contributed by atoms with E-state index in [4.69, 9.17) is 22.2 Å². The summed E-state index contributed by atoms with van der Waals surface area (Å²) in [6, 6.07) is 21.5. The Morgan fingerprint density at radius 2 is 0.938 bits per heavy atom. The van der Waals surface area contributed by atoms with Crippen molar-refractivity contribution in [2.24, 2.45) is 0 Å². The zero-order valence-electron chi connectivity index (χ0n) is 8.94. The SMILES string of the molecule is Cl[SiH2]Cl.c1ccc([SiH2]c2ccccc2)cc1. The van der Waals surface area contributed by atoms with Crippen LogP contribution in [-0.4, -0.2) is 17.7 Å². The summed E-state index contributed by atoms with van der Waals surface area (Å²) < 4.78 is 0. The second-order valence-corrected chi connectivity index (χ2v) is 7.86. The molecule has 2 rings (SSSR count). The average Bonchev–Trinajstić information content (AvgIpc) is 2.33. The highest BCUT2D eigenvalue weighted by Crippen LogP contribution is 1.84. The van der Waals surface area contributed by atoms with Crippen molar-refractivity contribution >= 4 is 50.2 Å². The van der Waals surface area contributed by atoms with Crippen LogP contribution in [0.25, 0.3) is 0 Å². The Kier molecular flexibility index (Phi) is 7.26. The van der Waals surface area contributed by atoms with E-state index in [0.29, 0.717) is 0 Å². The molecule has 84 valence electrons. The highest BCUT2D eigenvalue weighted by Gasteiger charge is 1.93. The Labute approximate surface area is 111 Å². The van der Waals surface area contributed by atoms with Crippen LogP contribution in [-0.2, 0) is 0 Å². The van der Waals surface area contributed by atoms with E-state index < -0.39 is 8.14 Å². The Morgan fingerprint density at radius 1 is 0.625 bits per heavy atom. The fraction of sp³-hybridized carbons (Fsp3) is 0. The van der Waals surface area contributed by atoms with Gasteiger partial charge in [0.2, 0.25) is 8.14 Å². The van der Waals surface area contributed by atoms with E-state index in [1.54, 1.807) is 0 Å². The van der Waals surface area contributed by atoms with Crippen molar-refractivity contribution < 1.29 is 0 Å². The van der Waals surface area contributed by atoms with E-state index in [-0.39, 0.29) is 9.52 Å². The normalized spacial score (nSPS) is 9.12. The molecule has 0 aliphatic rings. The second-order valence-electron chi connectivity index (χ2n) is 3.25. The van der Waals surface area contributed by atoms with Crippen molar-refractivity contribution in [2.75, 3.05) is 0 Å². The van der Waals surface area contributed by atoms with Crippen LogP contribution in [0, 0.1) is 0 Å². The van der Waals surface area contributed by atoms with Crippen LogP contribution in [0.1, 0.15) is 0 Å². The number of hydrogen-bond donors (Lipinski definition) is 0. The van der Waals surface area contributed by atoms with Crippen LogP contribution >= 0.6 is 22.2 Å². The van der Waals surface area contributed by atoms with Crippen molar-refractivity contribution in [2.45, 2.75) is 0 Å². The summed E-state index contributed by atoms with van der Waals surface area (Å²) >= 11 is 9.81. The van der Waals surface area contributed by atoms with Crippen LogP contribution in [0.4, 0.5) is 0 Å². The van der Waals surface area contributed by atoms with Gasteiger partial charge in [-0.2, -0.15) is 22.2 Å². The third-order valence-corrected chi connectivity index (χ3v) is 3.85. The maximum absolute atomic E-state index is 4.90. The van der Waals surface area contributed by atoms with Crippen molar-refractivity contribution in [3.8, 4) is 0 Å². The van der Waals surface area contributed by atoms with Gasteiger partial charge in [-0.25, -0.2) is 0 Å². The number of hydrogen-bond acceptors (Lipinski definition) is 0. The van der Waals surface area contributed by atoms with E-state index in [1.807, 2.05) is 0 Å². The molecule has 0 spiro atoms. The van der Waals surface area contributed by atoms with Gasteiger partial charge in [0.1, 0.15) is 0 Å². The molecule has 2 aromatic rings. The minimum Gasteiger partial charge on any atom is -0.155 e. The van der Waals surface area contributed by atoms with Crippen molar-refractivity contribution in [1.29, 1.82) is 0 Å². The summed E-state index contributed by atoms with van der Waals surface area (Å²) in [4.78, 5) is 0. The lowest BCUT2D eigenvalue weighted by atomic mass is 10.4. The lowest BCUT2D eigenvalue weighted by molar-refractivity contribution is 1.75. The number of benzene rings is 2. The Balaban J connectivity index is 0.000000386. The third-order valence-electron chi connectivity index (χ3n) is 2.09. The topological polar surface area (TPSA) is 0 Å². The first-order valence-electron chi connectivity index (χ1n) is 5.06. The van der Waals surface area contributed by atoms with Gasteiger partial charge in [-0.1, -0.05) is 71.0 Å². The third kappa shape index (κ3) is 5.51. The largest absolute Gasteiger partial charge is 0.222 e. The van der Waals surface area contributed by atoms with E-state index in [9.17, 15) is 0 Å². The Hall–Kier alpha value is -0.546. The highest BCUT2D eigenvalue weighted by molar-refractivity contribution is 7.22. The molecular weight excluding hydrogens is 271 g/mol. The van der Waals surface area contributed by atoms with Gasteiger partial charge in [-0.3, -0.25) is 0 Å². The van der Waals surface area contributed by atoms with Gasteiger partial charge in [-0.05, 0) is 0 Å². The second kappa shape index (κ2) is 8.59. The first kappa shape index (κ1) is 13.5. The lowest BCUT2D eigenvalue weighted by Crippen LogP contribution is -2.26. The van der Waals surface area contributed by atoms with Gasteiger partial charge >= 0.3 is 0 Å². The van der Waals surface area contributed by atoms with Crippen LogP contribution in [0.3, 0.4) is 0 Å². The Morgan fingerprint density at radius 3 is 1.25 bits per heavy atom. The average molecular weight is 285 g/mol. The van der Waals surface area contributed by atoms with Crippen molar-refractivity contribution in [3.05, 3.63) is 60.7 Å². The van der Waals surface area contributed by atoms with Crippen molar-refractivity contribution in [3.63, 3.8) is 0 Å². The molecule has 0 saturated heterocycles. The Bertz CT molecular complexity index is 341. The number of halogens is 2. The minimum absolute atomic E-state index is 0.234. The summed E-state index contributed by atoms with van der Waals surface area (Å²) in [6.07, 6.45) is 0. The van der Waals surface area contributed by atoms with Crippen LogP contribution in [0.5, 0.6) is 0 Å². The fourth-order valence-electron chi connectivity index (χ4n) is 1.43. The van der Waals surface area contributed by atoms with Crippen LogP contribution in [0.2, 0.25) is 0 Å². The molecule has 0 N–H and O–H groups in total. The fourth-order valence-corrected chi connectivity index (χ4v) is 2.91. The van der Waals surface area contributed by atoms with Gasteiger partial charge in [-0.15, -0.1) is 0 Å². The molecule has 0 heterocycles. The molecule has 0 atom stereocenters. The minimum atomic E-state index is -0.639. The number of rotatable bonds is 2. The zero-order chi connectivity index (χ0) is 11.6. The van der Waals surface area contributed by atoms with E-state index >= 15 is 0 Å². The molecule has 0 unspecified atom stereocenters. The molecule has 0 amide bonds. The summed E-state index contributed by atoms with van der Waals surface area (Å²) in [5.41, 5.74) is 0. The molecule has 2 aromatic carbocycles. The molecule has 0 radical (unpaired) electrons. The quantitative estimate of drug-likeness (QED) is 0.576. The van der Waals surface area contributed by atoms with Gasteiger partial charge < -0.3 is 0 Å². The predicted molar refractivity (Wildman–Crippen MR) is 80.9 cm³/mol. The van der Waals surface area contributed by atoms with E-state index in [1.165, 1.54) is 10.4 Å². The summed E-state index contributed by atoms with van der Waals surface area (Å²) in [6.45, 7) is 0. The van der Waals surface area contributed by atoms with Gasteiger partial charge in [0.25, 0.3) is 0 Å². The standard InChI is InChI=1S/C12H12Si.Cl2H2Si/c1-3-7-11(8-4-1)13-12-9-5-2-6-10-12;1-3-2/h1-10H,13H2;3H2. The molecular formula is C12H14Cl2Si2. The zero-order valence-corrected chi connectivity index (χ0v) is 13.3. The molecule has 0 fully saturated rings. The lowest BCUT2D eigenvalue weighted by Gasteiger charge is -1.99. The summed E-state index contributed by atoms with van der Waals surface area (Å²) in [5, 5.41) is 3.02. The maximum atomic E-state index is 4.90. The first-order chi connectivity index (χ1) is 7.86. The molecule has 0 aliphatic carbocycles. The summed E-state index contributed by atoms with van der Waals surface area (Å²) in [5.74, 6) is 0. The predicted octanol–water partition coefficient (Wildman–Crippen LogP) is 1.27. The van der Waals surface area contributed by atoms with Crippen LogP contribution < -0.4 is 10.4 Å². The maximum Gasteiger partial charge on any atom is 0.222 e. The molecule has 0 bridgehead atoms. The van der Waals surface area contributed by atoms with E-state index in [0.717, 1.165) is 0 Å². The van der Waals surface area contributed by atoms with Crippen LogP contribution in [0.15, 0.2) is 60.7 Å². The van der Waals surface area contributed by atoms with Gasteiger partial charge in [0.05, 0.1) is 9.52 Å². The van der Waals surface area contributed by atoms with Gasteiger partial charge in [0, 0.05) is 0 Å². The molecule has 0 nitrogen and oxygen atoms in total. The van der Waals surface area contributed by atoms with Gasteiger partial charge in [0.15, 0.2) is 0 Å². The molecule has 16 heavy (non-hydrogen) atoms. The molecule has 0 aromatic heterocycles. The summed E-state index contributed by atoms with van der Waals surface area (Å²) in [7, 11) is -0.873. The first-order valence-corrected chi connectivity index (χ1v) is 10.8. The van der Waals surface area contributed by atoms with E-state index in [2.05, 4.69) is 60.7 Å². The molecule has 0 saturated carbocycles. The molecule has 4 heteroatoms. The monoisotopic (exact) mass is 284 g/mol. The smallest absolute Gasteiger partial charge is 0.155 e. The highest BCUT2D eigenvalue weighted by atomic mass is 35.7. The molecule has 0 aliphatic heterocycles. The van der Waals surface area contributed by atoms with Crippen molar-refractivity contribution in [1.82, 2.24) is 0 Å².